The molecular formula is C27H29ClN2O4S. The van der Waals surface area contributed by atoms with Crippen molar-refractivity contribution in [3.05, 3.63) is 70.1 Å². The van der Waals surface area contributed by atoms with Gasteiger partial charge in [0.15, 0.2) is 0 Å². The third kappa shape index (κ3) is 5.21. The number of hydrogen-bond acceptors (Lipinski definition) is 4. The summed E-state index contributed by atoms with van der Waals surface area (Å²) >= 11 is 7.70. The Balaban J connectivity index is 1.63. The van der Waals surface area contributed by atoms with Crippen LogP contribution in [0.2, 0.25) is 5.02 Å². The summed E-state index contributed by atoms with van der Waals surface area (Å²) in [4.78, 5) is 42.4. The van der Waals surface area contributed by atoms with E-state index < -0.39 is 11.5 Å². The van der Waals surface area contributed by atoms with Gasteiger partial charge in [-0.1, -0.05) is 55.3 Å². The van der Waals surface area contributed by atoms with Crippen LogP contribution < -0.4 is 0 Å². The fraction of sp³-hybridized carbons (Fsp3) is 0.370. The number of halogens is 1. The Morgan fingerprint density at radius 2 is 1.97 bits per heavy atom. The number of amides is 2. The lowest BCUT2D eigenvalue weighted by atomic mass is 9.78. The summed E-state index contributed by atoms with van der Waals surface area (Å²) < 4.78 is 1.04. The molecule has 1 fully saturated rings. The van der Waals surface area contributed by atoms with E-state index in [0.717, 1.165) is 22.1 Å². The van der Waals surface area contributed by atoms with Crippen LogP contribution in [0.5, 0.6) is 0 Å². The first-order valence-electron chi connectivity index (χ1n) is 11.9. The zero-order valence-electron chi connectivity index (χ0n) is 19.7. The van der Waals surface area contributed by atoms with Crippen LogP contribution in [0.25, 0.3) is 10.1 Å². The van der Waals surface area contributed by atoms with Crippen molar-refractivity contribution in [3.63, 3.8) is 0 Å². The minimum atomic E-state index is -0.920. The summed E-state index contributed by atoms with van der Waals surface area (Å²) in [5, 5.41) is 12.5. The zero-order valence-corrected chi connectivity index (χ0v) is 21.3. The fourth-order valence-corrected chi connectivity index (χ4v) is 6.05. The van der Waals surface area contributed by atoms with Gasteiger partial charge in [0.2, 0.25) is 5.91 Å². The molecule has 1 saturated heterocycles. The molecule has 0 bridgehead atoms. The predicted octanol–water partition coefficient (Wildman–Crippen LogP) is 5.83. The van der Waals surface area contributed by atoms with E-state index in [-0.39, 0.29) is 18.2 Å². The molecule has 0 radical (unpaired) electrons. The molecule has 6 nitrogen and oxygen atoms in total. The maximum Gasteiger partial charge on any atom is 0.303 e. The van der Waals surface area contributed by atoms with Crippen molar-refractivity contribution >= 4 is 50.8 Å². The average Bonchev–Trinajstić information content (AvgIpc) is 3.25. The summed E-state index contributed by atoms with van der Waals surface area (Å²) in [6, 6.07) is 15.1. The van der Waals surface area contributed by atoms with Crippen LogP contribution in [0.15, 0.2) is 53.9 Å². The molecule has 2 aromatic carbocycles. The monoisotopic (exact) mass is 512 g/mol. The van der Waals surface area contributed by atoms with Crippen LogP contribution in [0.3, 0.4) is 0 Å². The molecular weight excluding hydrogens is 484 g/mol. The van der Waals surface area contributed by atoms with Crippen LogP contribution in [-0.2, 0) is 16.1 Å². The van der Waals surface area contributed by atoms with Crippen molar-refractivity contribution in [2.75, 3.05) is 13.1 Å². The van der Waals surface area contributed by atoms with Crippen molar-refractivity contribution in [3.8, 4) is 0 Å². The van der Waals surface area contributed by atoms with Crippen LogP contribution in [-0.4, -0.2) is 51.3 Å². The molecule has 2 amide bonds. The Hall–Kier alpha value is -2.90. The number of fused-ring (bicyclic) bond motifs is 1. The first-order chi connectivity index (χ1) is 16.9. The van der Waals surface area contributed by atoms with E-state index in [9.17, 15) is 14.4 Å². The predicted molar refractivity (Wildman–Crippen MR) is 139 cm³/mol. The van der Waals surface area contributed by atoms with Gasteiger partial charge in [0.25, 0.3) is 5.91 Å². The number of rotatable bonds is 10. The van der Waals surface area contributed by atoms with E-state index >= 15 is 0 Å². The quantitative estimate of drug-likeness (QED) is 0.370. The van der Waals surface area contributed by atoms with Crippen molar-refractivity contribution in [1.29, 1.82) is 0 Å². The van der Waals surface area contributed by atoms with Crippen molar-refractivity contribution < 1.29 is 19.5 Å². The second-order valence-corrected chi connectivity index (χ2v) is 10.3. The van der Waals surface area contributed by atoms with Gasteiger partial charge in [-0.15, -0.1) is 11.3 Å². The first-order valence-corrected chi connectivity index (χ1v) is 13.2. The fourth-order valence-electron chi connectivity index (χ4n) is 4.90. The van der Waals surface area contributed by atoms with Gasteiger partial charge in [-0.05, 0) is 43.0 Å². The van der Waals surface area contributed by atoms with Gasteiger partial charge in [0.1, 0.15) is 5.54 Å². The number of carbonyl (C=O) groups excluding carboxylic acids is 2. The number of carbonyl (C=O) groups is 3. The molecule has 1 unspecified atom stereocenters. The van der Waals surface area contributed by atoms with Gasteiger partial charge in [0, 0.05) is 46.5 Å². The molecule has 0 aliphatic carbocycles. The van der Waals surface area contributed by atoms with Crippen LogP contribution in [0.4, 0.5) is 0 Å². The van der Waals surface area contributed by atoms with E-state index in [4.69, 9.17) is 16.7 Å². The van der Waals surface area contributed by atoms with E-state index in [1.165, 1.54) is 11.3 Å². The SMILES string of the molecule is CCCC1(C(=O)N(CCCC(=O)O)Cc2cccc(Cl)c2)CCN1C(=O)c1csc2ccccc12. The van der Waals surface area contributed by atoms with Gasteiger partial charge in [-0.3, -0.25) is 14.4 Å². The Morgan fingerprint density at radius 1 is 1.17 bits per heavy atom. The Morgan fingerprint density at radius 3 is 2.66 bits per heavy atom. The van der Waals surface area contributed by atoms with Gasteiger partial charge in [0.05, 0.1) is 5.56 Å². The summed E-state index contributed by atoms with van der Waals surface area (Å²) in [5.74, 6) is -1.14. The first kappa shape index (κ1) is 25.2. The topological polar surface area (TPSA) is 77.9 Å². The Bertz CT molecular complexity index is 1240. The van der Waals surface area contributed by atoms with E-state index in [2.05, 4.69) is 0 Å². The number of carboxylic acid groups (broad SMARTS) is 1. The molecule has 4 rings (SSSR count). The lowest BCUT2D eigenvalue weighted by Crippen LogP contribution is -2.69. The van der Waals surface area contributed by atoms with Crippen LogP contribution >= 0.6 is 22.9 Å². The van der Waals surface area contributed by atoms with E-state index in [0.29, 0.717) is 49.5 Å². The number of carboxylic acids is 1. The highest BCUT2D eigenvalue weighted by atomic mass is 35.5. The number of thiophene rings is 1. The van der Waals surface area contributed by atoms with Gasteiger partial charge in [-0.2, -0.15) is 0 Å². The number of benzene rings is 2. The second-order valence-electron chi connectivity index (χ2n) is 8.99. The highest BCUT2D eigenvalue weighted by Gasteiger charge is 2.54. The van der Waals surface area contributed by atoms with Gasteiger partial charge < -0.3 is 14.9 Å². The number of likely N-dealkylation sites (tertiary alicyclic amines) is 1. The maximum atomic E-state index is 14.1. The highest BCUT2D eigenvalue weighted by molar-refractivity contribution is 7.17. The van der Waals surface area contributed by atoms with E-state index in [1.807, 2.05) is 54.8 Å². The summed E-state index contributed by atoms with van der Waals surface area (Å²) in [6.07, 6.45) is 2.22. The summed E-state index contributed by atoms with van der Waals surface area (Å²) in [6.45, 7) is 3.15. The molecule has 0 spiro atoms. The highest BCUT2D eigenvalue weighted by Crippen LogP contribution is 2.40. The third-order valence-corrected chi connectivity index (χ3v) is 7.85. The molecule has 184 valence electrons. The van der Waals surface area contributed by atoms with Gasteiger partial charge in [-0.25, -0.2) is 0 Å². The normalized spacial score (nSPS) is 17.3. The molecule has 8 heteroatoms. The minimum absolute atomic E-state index is 0.0242. The average molecular weight is 513 g/mol. The lowest BCUT2D eigenvalue weighted by Gasteiger charge is -2.53. The molecule has 2 heterocycles. The molecule has 1 aliphatic heterocycles. The summed E-state index contributed by atoms with van der Waals surface area (Å²) in [7, 11) is 0. The number of nitrogens with zero attached hydrogens (tertiary/aromatic N) is 2. The van der Waals surface area contributed by atoms with Crippen LogP contribution in [0, 0.1) is 0 Å². The standard InChI is InChI=1S/C27H29ClN2O4S/c1-2-12-27(13-15-30(27)25(33)22-18-35-23-10-4-3-9-21(22)23)26(34)29(14-6-11-24(31)32)17-19-7-5-8-20(28)16-19/h3-5,7-10,16,18H,2,6,11-15,17H2,1H3,(H,31,32). The largest absolute Gasteiger partial charge is 0.481 e. The second kappa shape index (κ2) is 10.8. The van der Waals surface area contributed by atoms with Crippen molar-refractivity contribution in [1.82, 2.24) is 9.80 Å². The van der Waals surface area contributed by atoms with Crippen LogP contribution in [0.1, 0.15) is 54.9 Å². The Kier molecular flexibility index (Phi) is 7.77. The number of hydrogen-bond donors (Lipinski definition) is 1. The smallest absolute Gasteiger partial charge is 0.303 e. The molecule has 1 aliphatic rings. The molecule has 1 atom stereocenters. The summed E-state index contributed by atoms with van der Waals surface area (Å²) in [5.41, 5.74) is 0.580. The zero-order chi connectivity index (χ0) is 25.0. The molecule has 35 heavy (non-hydrogen) atoms. The Labute approximate surface area is 214 Å². The van der Waals surface area contributed by atoms with Crippen molar-refractivity contribution in [2.45, 2.75) is 51.1 Å². The number of aliphatic carboxylic acids is 1. The van der Waals surface area contributed by atoms with E-state index in [1.54, 1.807) is 15.9 Å². The third-order valence-electron chi connectivity index (χ3n) is 6.65. The molecule has 1 aromatic heterocycles. The lowest BCUT2D eigenvalue weighted by molar-refractivity contribution is -0.152. The molecule has 0 saturated carbocycles. The molecule has 3 aromatic rings. The van der Waals surface area contributed by atoms with Gasteiger partial charge >= 0.3 is 5.97 Å². The maximum absolute atomic E-state index is 14.1. The van der Waals surface area contributed by atoms with Crippen molar-refractivity contribution in [2.24, 2.45) is 0 Å². The minimum Gasteiger partial charge on any atom is -0.481 e. The molecule has 1 N–H and O–H groups in total.